The molecular formula is C13H24N4. The van der Waals surface area contributed by atoms with E-state index in [1.54, 1.807) is 0 Å². The van der Waals surface area contributed by atoms with Gasteiger partial charge >= 0.3 is 0 Å². The number of para-hydroxylation sites is 1. The van der Waals surface area contributed by atoms with Crippen molar-refractivity contribution in [2.24, 2.45) is 0 Å². The first-order chi connectivity index (χ1) is 8.43. The average molecular weight is 236 g/mol. The normalized spacial score (nSPS) is 10.4. The zero-order valence-electron chi connectivity index (χ0n) is 10.6. The van der Waals surface area contributed by atoms with Crippen molar-refractivity contribution in [1.82, 2.24) is 16.0 Å². The van der Waals surface area contributed by atoms with Gasteiger partial charge in [-0.3, -0.25) is 0 Å². The number of benzene rings is 1. The zero-order valence-corrected chi connectivity index (χ0v) is 10.6. The molecule has 4 nitrogen and oxygen atoms in total. The number of hydrogen-bond acceptors (Lipinski definition) is 4. The second-order valence-electron chi connectivity index (χ2n) is 3.90. The molecule has 0 unspecified atom stereocenters. The third-order valence-corrected chi connectivity index (χ3v) is 2.44. The third kappa shape index (κ3) is 7.74. The van der Waals surface area contributed by atoms with E-state index in [1.165, 1.54) is 5.69 Å². The number of hydrogen-bond donors (Lipinski definition) is 4. The van der Waals surface area contributed by atoms with Crippen LogP contribution in [0.15, 0.2) is 30.3 Å². The molecule has 0 radical (unpaired) electrons. The summed E-state index contributed by atoms with van der Waals surface area (Å²) in [5.74, 6) is 0. The summed E-state index contributed by atoms with van der Waals surface area (Å²) in [6.45, 7) is 6.03. The minimum absolute atomic E-state index is 0.959. The lowest BCUT2D eigenvalue weighted by Crippen LogP contribution is -2.33. The van der Waals surface area contributed by atoms with E-state index in [0.29, 0.717) is 0 Å². The van der Waals surface area contributed by atoms with Gasteiger partial charge in [0.1, 0.15) is 0 Å². The first kappa shape index (κ1) is 14.0. The Kier molecular flexibility index (Phi) is 8.28. The van der Waals surface area contributed by atoms with Crippen molar-refractivity contribution in [3.05, 3.63) is 30.3 Å². The summed E-state index contributed by atoms with van der Waals surface area (Å²) in [7, 11) is 1.97. The van der Waals surface area contributed by atoms with Crippen LogP contribution in [-0.4, -0.2) is 46.3 Å². The smallest absolute Gasteiger partial charge is 0.0340 e. The lowest BCUT2D eigenvalue weighted by molar-refractivity contribution is 0.605. The molecule has 1 aromatic carbocycles. The molecule has 0 aliphatic rings. The van der Waals surface area contributed by atoms with Crippen LogP contribution in [-0.2, 0) is 0 Å². The van der Waals surface area contributed by atoms with Crippen molar-refractivity contribution < 1.29 is 0 Å². The van der Waals surface area contributed by atoms with Crippen LogP contribution in [0.1, 0.15) is 0 Å². The standard InChI is InChI=1S/C13H24N4/c1-14-7-8-15-9-10-16-11-12-17-13-5-3-2-4-6-13/h2-6,14-17H,7-12H2,1H3. The molecule has 4 heteroatoms. The maximum atomic E-state index is 3.39. The van der Waals surface area contributed by atoms with Crippen LogP contribution in [0, 0.1) is 0 Å². The Bertz CT molecular complexity index is 263. The Morgan fingerprint density at radius 1 is 0.765 bits per heavy atom. The molecule has 0 saturated carbocycles. The fourth-order valence-electron chi connectivity index (χ4n) is 1.49. The van der Waals surface area contributed by atoms with Gasteiger partial charge in [-0.1, -0.05) is 18.2 Å². The van der Waals surface area contributed by atoms with E-state index in [0.717, 1.165) is 39.3 Å². The molecule has 0 saturated heterocycles. The molecule has 1 rings (SSSR count). The Balaban J connectivity index is 1.85. The highest BCUT2D eigenvalue weighted by atomic mass is 15.0. The van der Waals surface area contributed by atoms with E-state index in [1.807, 2.05) is 25.2 Å². The molecular weight excluding hydrogens is 212 g/mol. The Morgan fingerprint density at radius 2 is 1.35 bits per heavy atom. The first-order valence-electron chi connectivity index (χ1n) is 6.28. The van der Waals surface area contributed by atoms with Crippen molar-refractivity contribution >= 4 is 5.69 Å². The summed E-state index contributed by atoms with van der Waals surface area (Å²) in [4.78, 5) is 0. The van der Waals surface area contributed by atoms with Gasteiger partial charge in [0.2, 0.25) is 0 Å². The van der Waals surface area contributed by atoms with Crippen LogP contribution < -0.4 is 21.3 Å². The van der Waals surface area contributed by atoms with Gasteiger partial charge < -0.3 is 21.3 Å². The van der Waals surface area contributed by atoms with Gasteiger partial charge in [-0.2, -0.15) is 0 Å². The van der Waals surface area contributed by atoms with E-state index in [9.17, 15) is 0 Å². The topological polar surface area (TPSA) is 48.1 Å². The maximum Gasteiger partial charge on any atom is 0.0340 e. The minimum Gasteiger partial charge on any atom is -0.384 e. The monoisotopic (exact) mass is 236 g/mol. The summed E-state index contributed by atoms with van der Waals surface area (Å²) in [5.41, 5.74) is 1.18. The largest absolute Gasteiger partial charge is 0.384 e. The lowest BCUT2D eigenvalue weighted by atomic mass is 10.3. The highest BCUT2D eigenvalue weighted by Crippen LogP contribution is 2.03. The van der Waals surface area contributed by atoms with Crippen LogP contribution in [0.2, 0.25) is 0 Å². The van der Waals surface area contributed by atoms with Gasteiger partial charge in [0.05, 0.1) is 0 Å². The summed E-state index contributed by atoms with van der Waals surface area (Å²) in [5, 5.41) is 13.2. The highest BCUT2D eigenvalue weighted by molar-refractivity contribution is 5.42. The number of likely N-dealkylation sites (N-methyl/N-ethyl adjacent to an activating group) is 1. The first-order valence-corrected chi connectivity index (χ1v) is 6.28. The van der Waals surface area contributed by atoms with Crippen LogP contribution >= 0.6 is 0 Å². The van der Waals surface area contributed by atoms with E-state index >= 15 is 0 Å². The van der Waals surface area contributed by atoms with Crippen molar-refractivity contribution in [1.29, 1.82) is 0 Å². The predicted molar refractivity (Wildman–Crippen MR) is 74.6 cm³/mol. The molecule has 0 spiro atoms. The van der Waals surface area contributed by atoms with Crippen LogP contribution in [0.3, 0.4) is 0 Å². The summed E-state index contributed by atoms with van der Waals surface area (Å²) in [6, 6.07) is 10.3. The van der Waals surface area contributed by atoms with Gasteiger partial charge in [0.25, 0.3) is 0 Å². The molecule has 17 heavy (non-hydrogen) atoms. The molecule has 0 aromatic heterocycles. The van der Waals surface area contributed by atoms with Crippen LogP contribution in [0.5, 0.6) is 0 Å². The molecule has 0 fully saturated rings. The Hall–Kier alpha value is -1.10. The number of anilines is 1. The van der Waals surface area contributed by atoms with Crippen molar-refractivity contribution in [3.63, 3.8) is 0 Å². The average Bonchev–Trinajstić information content (AvgIpc) is 2.38. The molecule has 0 bridgehead atoms. The molecule has 0 atom stereocenters. The predicted octanol–water partition coefficient (Wildman–Crippen LogP) is 0.497. The van der Waals surface area contributed by atoms with E-state index < -0.39 is 0 Å². The number of rotatable bonds is 10. The molecule has 0 aliphatic heterocycles. The van der Waals surface area contributed by atoms with Gasteiger partial charge in [-0.15, -0.1) is 0 Å². The summed E-state index contributed by atoms with van der Waals surface area (Å²) < 4.78 is 0. The van der Waals surface area contributed by atoms with E-state index in [-0.39, 0.29) is 0 Å². The SMILES string of the molecule is CNCCNCCNCCNc1ccccc1. The molecule has 96 valence electrons. The molecule has 4 N–H and O–H groups in total. The molecule has 0 amide bonds. The van der Waals surface area contributed by atoms with Crippen LogP contribution in [0.4, 0.5) is 5.69 Å². The van der Waals surface area contributed by atoms with Crippen molar-refractivity contribution in [2.75, 3.05) is 51.6 Å². The van der Waals surface area contributed by atoms with Gasteiger partial charge in [0.15, 0.2) is 0 Å². The highest BCUT2D eigenvalue weighted by Gasteiger charge is 1.90. The van der Waals surface area contributed by atoms with Crippen molar-refractivity contribution in [2.45, 2.75) is 0 Å². The van der Waals surface area contributed by atoms with Gasteiger partial charge in [0, 0.05) is 45.0 Å². The second-order valence-corrected chi connectivity index (χ2v) is 3.90. The van der Waals surface area contributed by atoms with E-state index in [2.05, 4.69) is 33.4 Å². The minimum atomic E-state index is 0.959. The van der Waals surface area contributed by atoms with Gasteiger partial charge in [-0.05, 0) is 19.2 Å². The van der Waals surface area contributed by atoms with Gasteiger partial charge in [-0.25, -0.2) is 0 Å². The summed E-state index contributed by atoms with van der Waals surface area (Å²) >= 11 is 0. The van der Waals surface area contributed by atoms with Crippen LogP contribution in [0.25, 0.3) is 0 Å². The fraction of sp³-hybridized carbons (Fsp3) is 0.538. The lowest BCUT2D eigenvalue weighted by Gasteiger charge is -2.08. The molecule has 1 aromatic rings. The second kappa shape index (κ2) is 10.1. The maximum absolute atomic E-state index is 3.39. The quantitative estimate of drug-likeness (QED) is 0.447. The number of nitrogens with one attached hydrogen (secondary N) is 4. The zero-order chi connectivity index (χ0) is 12.2. The fourth-order valence-corrected chi connectivity index (χ4v) is 1.49. The van der Waals surface area contributed by atoms with E-state index in [4.69, 9.17) is 0 Å². The third-order valence-electron chi connectivity index (χ3n) is 2.44. The summed E-state index contributed by atoms with van der Waals surface area (Å²) in [6.07, 6.45) is 0. The molecule has 0 heterocycles. The van der Waals surface area contributed by atoms with Crippen molar-refractivity contribution in [3.8, 4) is 0 Å². The molecule has 0 aliphatic carbocycles. The Labute approximate surface area is 104 Å². The Morgan fingerprint density at radius 3 is 2.00 bits per heavy atom.